The summed E-state index contributed by atoms with van der Waals surface area (Å²) in [6.45, 7) is 8.28. The molecule has 0 spiro atoms. The summed E-state index contributed by atoms with van der Waals surface area (Å²) in [5.41, 5.74) is 1.47. The van der Waals surface area contributed by atoms with E-state index in [0.29, 0.717) is 24.1 Å². The van der Waals surface area contributed by atoms with E-state index in [4.69, 9.17) is 14.5 Å². The molecule has 4 atom stereocenters. The number of unbranched alkanes of at least 4 members (excludes halogenated alkanes) is 11. The monoisotopic (exact) mass is 905 g/mol. The number of cyclic esters (lactones) is 1. The number of benzene rings is 2. The smallest absolute Gasteiger partial charge is 0.336 e. The first-order chi connectivity index (χ1) is 32.0. The van der Waals surface area contributed by atoms with Gasteiger partial charge in [-0.05, 0) is 80.1 Å². The Morgan fingerprint density at radius 1 is 0.818 bits per heavy atom. The molecule has 0 saturated carbocycles. The van der Waals surface area contributed by atoms with E-state index in [-0.39, 0.29) is 58.8 Å². The van der Waals surface area contributed by atoms with Gasteiger partial charge in [0.15, 0.2) is 0 Å². The molecule has 1 saturated heterocycles. The van der Waals surface area contributed by atoms with Gasteiger partial charge in [0.1, 0.15) is 18.2 Å². The molecule has 66 heavy (non-hydrogen) atoms. The third-order valence-electron chi connectivity index (χ3n) is 11.9. The number of nitrogens with one attached hydrogen (secondary N) is 2. The summed E-state index contributed by atoms with van der Waals surface area (Å²) >= 11 is 0. The number of rotatable bonds is 28. The van der Waals surface area contributed by atoms with Crippen LogP contribution in [0.25, 0.3) is 11.3 Å². The third-order valence-corrected chi connectivity index (χ3v) is 11.9. The lowest BCUT2D eigenvalue weighted by atomic mass is 9.86. The number of urea groups is 1. The number of anilines is 3. The minimum Gasteiger partial charge on any atom is -0.478 e. The van der Waals surface area contributed by atoms with E-state index in [2.05, 4.69) is 34.4 Å². The normalized spacial score (nSPS) is 15.3. The van der Waals surface area contributed by atoms with E-state index in [1.807, 2.05) is 19.9 Å². The van der Waals surface area contributed by atoms with Gasteiger partial charge in [0.25, 0.3) is 5.91 Å². The molecule has 2 aromatic heterocycles. The summed E-state index contributed by atoms with van der Waals surface area (Å²) in [5, 5.41) is 15.4. The highest BCUT2D eigenvalue weighted by Gasteiger charge is 2.43. The first-order valence-electron chi connectivity index (χ1n) is 24.0. The van der Waals surface area contributed by atoms with Crippen LogP contribution in [0.2, 0.25) is 0 Å². The second kappa shape index (κ2) is 26.7. The molecule has 0 radical (unpaired) electrons. The summed E-state index contributed by atoms with van der Waals surface area (Å²) in [7, 11) is 0. The molecule has 1 aliphatic heterocycles. The van der Waals surface area contributed by atoms with Crippen molar-refractivity contribution in [1.29, 1.82) is 0 Å². The van der Waals surface area contributed by atoms with E-state index in [9.17, 15) is 29.1 Å². The van der Waals surface area contributed by atoms with Crippen molar-refractivity contribution in [3.05, 3.63) is 96.4 Å². The molecule has 14 nitrogen and oxygen atoms in total. The highest BCUT2D eigenvalue weighted by Crippen LogP contribution is 2.33. The highest BCUT2D eigenvalue weighted by molar-refractivity contribution is 6.11. The van der Waals surface area contributed by atoms with Gasteiger partial charge in [0.2, 0.25) is 5.95 Å². The summed E-state index contributed by atoms with van der Waals surface area (Å²) in [4.78, 5) is 81.8. The van der Waals surface area contributed by atoms with Crippen molar-refractivity contribution in [2.75, 3.05) is 10.2 Å². The Balaban J connectivity index is 1.39. The lowest BCUT2D eigenvalue weighted by Crippen LogP contribution is -2.50. The highest BCUT2D eigenvalue weighted by atomic mass is 16.6. The maximum Gasteiger partial charge on any atom is 0.336 e. The molecule has 1 aliphatic rings. The molecule has 0 bridgehead atoms. The first kappa shape index (κ1) is 50.8. The van der Waals surface area contributed by atoms with Crippen molar-refractivity contribution in [3.8, 4) is 11.3 Å². The number of aromatic carboxylic acids is 1. The quantitative estimate of drug-likeness (QED) is 0.0363. The molecule has 14 heteroatoms. The van der Waals surface area contributed by atoms with Crippen molar-refractivity contribution in [1.82, 2.24) is 20.3 Å². The molecule has 2 aromatic carbocycles. The van der Waals surface area contributed by atoms with Crippen LogP contribution in [0.15, 0.2) is 85.3 Å². The van der Waals surface area contributed by atoms with Crippen LogP contribution >= 0.6 is 0 Å². The Labute approximate surface area is 389 Å². The molecule has 1 fully saturated rings. The zero-order chi connectivity index (χ0) is 47.3. The zero-order valence-corrected chi connectivity index (χ0v) is 39.1. The van der Waals surface area contributed by atoms with E-state index >= 15 is 0 Å². The van der Waals surface area contributed by atoms with Crippen LogP contribution in [-0.4, -0.2) is 68.2 Å². The van der Waals surface area contributed by atoms with Crippen molar-refractivity contribution in [2.45, 2.75) is 155 Å². The number of carboxylic acid groups (broad SMARTS) is 1. The van der Waals surface area contributed by atoms with Crippen molar-refractivity contribution >= 4 is 47.2 Å². The van der Waals surface area contributed by atoms with Crippen LogP contribution in [0.4, 0.5) is 22.1 Å². The predicted molar refractivity (Wildman–Crippen MR) is 255 cm³/mol. The third kappa shape index (κ3) is 15.5. The van der Waals surface area contributed by atoms with Gasteiger partial charge in [-0.2, -0.15) is 0 Å². The Bertz CT molecular complexity index is 2180. The van der Waals surface area contributed by atoms with E-state index in [1.165, 1.54) is 67.5 Å². The summed E-state index contributed by atoms with van der Waals surface area (Å²) in [5.74, 6) is -2.96. The zero-order valence-electron chi connectivity index (χ0n) is 39.1. The fourth-order valence-corrected chi connectivity index (χ4v) is 8.26. The molecule has 3 heterocycles. The number of amides is 3. The Morgan fingerprint density at radius 2 is 1.52 bits per heavy atom. The number of carbonyl (C=O) groups excluding carboxylic acids is 4. The molecule has 3 N–H and O–H groups in total. The van der Waals surface area contributed by atoms with Crippen molar-refractivity contribution < 1.29 is 38.6 Å². The van der Waals surface area contributed by atoms with Gasteiger partial charge in [-0.1, -0.05) is 123 Å². The number of carbonyl (C=O) groups is 5. The number of carboxylic acids is 1. The minimum absolute atomic E-state index is 0.0229. The molecular weight excluding hydrogens is 837 g/mol. The number of ether oxygens (including phenoxy) is 2. The summed E-state index contributed by atoms with van der Waals surface area (Å²) < 4.78 is 12.0. The lowest BCUT2D eigenvalue weighted by molar-refractivity contribution is -0.190. The number of esters is 2. The van der Waals surface area contributed by atoms with Crippen LogP contribution in [-0.2, 0) is 19.1 Å². The average molecular weight is 905 g/mol. The number of aromatic nitrogens is 3. The minimum atomic E-state index is -1.25. The predicted octanol–water partition coefficient (Wildman–Crippen LogP) is 11.5. The molecule has 4 aromatic rings. The first-order valence-corrected chi connectivity index (χ1v) is 24.0. The van der Waals surface area contributed by atoms with Gasteiger partial charge in [0, 0.05) is 36.3 Å². The number of pyridine rings is 1. The summed E-state index contributed by atoms with van der Waals surface area (Å²) in [6.07, 6.45) is 20.5. The van der Waals surface area contributed by atoms with Crippen molar-refractivity contribution in [3.63, 3.8) is 0 Å². The molecule has 0 aliphatic carbocycles. The van der Waals surface area contributed by atoms with Gasteiger partial charge in [0.05, 0.1) is 28.4 Å². The maximum atomic E-state index is 14.8. The largest absolute Gasteiger partial charge is 0.478 e. The average Bonchev–Trinajstić information content (AvgIpc) is 3.30. The standard InChI is InChI=1S/C52H68N6O8/c1-5-7-9-11-12-13-14-15-16-25-40(34-46-43(49(62)66-46)28-17-10-8-6-2)65-50(63)45(32-36(3)4)57-52(64)58(51-54-31-29-44(56-51)37-22-21-30-53-35-37)39-24-20-23-38(33-39)55-47(59)41-26-18-19-27-42(41)48(60)61/h18-24,26-27,29-31,33,35-36,40,43,45-46H,5-17,25,28,32,34H2,1-4H3,(H,55,59)(H,57,64)(H,60,61)/t40-,43-,45-,46-/m0/s1. The maximum absolute atomic E-state index is 14.8. The van der Waals surface area contributed by atoms with Crippen LogP contribution in [0, 0.1) is 11.8 Å². The Kier molecular flexibility index (Phi) is 20.6. The van der Waals surface area contributed by atoms with Crippen LogP contribution in [0.3, 0.4) is 0 Å². The van der Waals surface area contributed by atoms with Crippen LogP contribution < -0.4 is 15.5 Å². The van der Waals surface area contributed by atoms with Gasteiger partial charge in [-0.25, -0.2) is 29.3 Å². The number of hydrogen-bond donors (Lipinski definition) is 3. The summed E-state index contributed by atoms with van der Waals surface area (Å²) in [6, 6.07) is 15.8. The second-order valence-electron chi connectivity index (χ2n) is 17.6. The van der Waals surface area contributed by atoms with Gasteiger partial charge in [-0.15, -0.1) is 0 Å². The van der Waals surface area contributed by atoms with E-state index in [0.717, 1.165) is 57.8 Å². The fourth-order valence-electron chi connectivity index (χ4n) is 8.26. The van der Waals surface area contributed by atoms with Crippen LogP contribution in [0.1, 0.15) is 158 Å². The molecule has 5 rings (SSSR count). The SMILES string of the molecule is CCCCCCCCCCC[C@@H](C[C@@H]1OC(=O)[C@H]1CCCCCC)OC(=O)[C@H](CC(C)C)NC(=O)N(c1cccc(NC(=O)c2ccccc2C(=O)O)c1)c1nccc(-c2cccnc2)n1. The van der Waals surface area contributed by atoms with Gasteiger partial charge < -0.3 is 25.2 Å². The second-order valence-corrected chi connectivity index (χ2v) is 17.6. The van der Waals surface area contributed by atoms with Crippen LogP contribution in [0.5, 0.6) is 0 Å². The van der Waals surface area contributed by atoms with Crippen molar-refractivity contribution in [2.24, 2.45) is 11.8 Å². The molecule has 3 amide bonds. The van der Waals surface area contributed by atoms with Gasteiger partial charge >= 0.3 is 23.9 Å². The topological polar surface area (TPSA) is 190 Å². The number of nitrogens with zero attached hydrogens (tertiary/aromatic N) is 4. The van der Waals surface area contributed by atoms with E-state index < -0.39 is 36.0 Å². The Hall–Kier alpha value is -6.18. The molecule has 0 unspecified atom stereocenters. The lowest BCUT2D eigenvalue weighted by Gasteiger charge is -2.37. The van der Waals surface area contributed by atoms with Gasteiger partial charge in [-0.3, -0.25) is 14.6 Å². The molecule has 354 valence electrons. The Morgan fingerprint density at radius 3 is 2.18 bits per heavy atom. The van der Waals surface area contributed by atoms with E-state index in [1.54, 1.807) is 48.8 Å². The molecular formula is C52H68N6O8. The fraction of sp³-hybridized carbons (Fsp3) is 0.500. The number of hydrogen-bond acceptors (Lipinski definition) is 10.